The van der Waals surface area contributed by atoms with Crippen LogP contribution in [0.15, 0.2) is 18.2 Å². The summed E-state index contributed by atoms with van der Waals surface area (Å²) in [5.41, 5.74) is 9.75. The van der Waals surface area contributed by atoms with Crippen LogP contribution >= 0.6 is 0 Å². The van der Waals surface area contributed by atoms with Crippen molar-refractivity contribution in [2.45, 2.75) is 39.0 Å². The van der Waals surface area contributed by atoms with Crippen LogP contribution in [0, 0.1) is 5.92 Å². The second-order valence-corrected chi connectivity index (χ2v) is 4.83. The van der Waals surface area contributed by atoms with Crippen LogP contribution in [-0.4, -0.2) is 0 Å². The van der Waals surface area contributed by atoms with Crippen LogP contribution < -0.4 is 5.73 Å². The van der Waals surface area contributed by atoms with Gasteiger partial charge in [0.15, 0.2) is 0 Å². The number of hydrogen-bond donors (Lipinski definition) is 1. The SMILES string of the molecule is CC(C)Cc1cc(C2CC2)ccc1N. The van der Waals surface area contributed by atoms with Gasteiger partial charge in [-0.3, -0.25) is 0 Å². The number of rotatable bonds is 3. The van der Waals surface area contributed by atoms with E-state index in [1.165, 1.54) is 24.0 Å². The molecule has 0 atom stereocenters. The van der Waals surface area contributed by atoms with E-state index in [9.17, 15) is 0 Å². The normalized spacial score (nSPS) is 16.2. The maximum Gasteiger partial charge on any atom is 0.0346 e. The van der Waals surface area contributed by atoms with E-state index in [1.807, 2.05) is 0 Å². The van der Waals surface area contributed by atoms with Gasteiger partial charge in [0.2, 0.25) is 0 Å². The largest absolute Gasteiger partial charge is 0.399 e. The van der Waals surface area contributed by atoms with Gasteiger partial charge in [0.25, 0.3) is 0 Å². The molecule has 0 aliphatic heterocycles. The first kappa shape index (κ1) is 9.57. The van der Waals surface area contributed by atoms with Gasteiger partial charge in [-0.05, 0) is 48.3 Å². The number of nitrogen functional groups attached to an aromatic ring is 1. The molecular weight excluding hydrogens is 170 g/mol. The summed E-state index contributed by atoms with van der Waals surface area (Å²) in [6, 6.07) is 6.58. The van der Waals surface area contributed by atoms with Gasteiger partial charge in [-0.2, -0.15) is 0 Å². The summed E-state index contributed by atoms with van der Waals surface area (Å²) >= 11 is 0. The minimum absolute atomic E-state index is 0.687. The Morgan fingerprint density at radius 1 is 1.36 bits per heavy atom. The van der Waals surface area contributed by atoms with Crippen molar-refractivity contribution in [3.63, 3.8) is 0 Å². The molecular formula is C13H19N. The van der Waals surface area contributed by atoms with Crippen molar-refractivity contribution in [2.24, 2.45) is 5.92 Å². The second kappa shape index (κ2) is 3.64. The molecule has 0 saturated heterocycles. The molecule has 0 aromatic heterocycles. The third-order valence-corrected chi connectivity index (χ3v) is 2.84. The summed E-state index contributed by atoms with van der Waals surface area (Å²) in [5.74, 6) is 1.52. The molecule has 2 rings (SSSR count). The molecule has 0 spiro atoms. The first-order valence-electron chi connectivity index (χ1n) is 5.55. The molecule has 1 nitrogen and oxygen atoms in total. The lowest BCUT2D eigenvalue weighted by atomic mass is 9.98. The zero-order valence-electron chi connectivity index (χ0n) is 9.09. The lowest BCUT2D eigenvalue weighted by Crippen LogP contribution is -2.00. The molecule has 1 heteroatoms. The van der Waals surface area contributed by atoms with Crippen molar-refractivity contribution < 1.29 is 0 Å². The van der Waals surface area contributed by atoms with Crippen LogP contribution in [0.25, 0.3) is 0 Å². The molecule has 1 aliphatic rings. The smallest absolute Gasteiger partial charge is 0.0346 e. The first-order valence-corrected chi connectivity index (χ1v) is 5.55. The van der Waals surface area contributed by atoms with Crippen LogP contribution in [0.3, 0.4) is 0 Å². The van der Waals surface area contributed by atoms with E-state index < -0.39 is 0 Å². The summed E-state index contributed by atoms with van der Waals surface area (Å²) in [6.07, 6.45) is 3.84. The van der Waals surface area contributed by atoms with Crippen molar-refractivity contribution in [3.05, 3.63) is 29.3 Å². The lowest BCUT2D eigenvalue weighted by Gasteiger charge is -2.10. The third kappa shape index (κ3) is 2.09. The van der Waals surface area contributed by atoms with Crippen molar-refractivity contribution in [2.75, 3.05) is 5.73 Å². The highest BCUT2D eigenvalue weighted by molar-refractivity contribution is 5.50. The monoisotopic (exact) mass is 189 g/mol. The molecule has 14 heavy (non-hydrogen) atoms. The molecule has 1 fully saturated rings. The molecule has 1 aliphatic carbocycles. The molecule has 0 unspecified atom stereocenters. The van der Waals surface area contributed by atoms with Crippen molar-refractivity contribution in [1.82, 2.24) is 0 Å². The van der Waals surface area contributed by atoms with Gasteiger partial charge < -0.3 is 5.73 Å². The van der Waals surface area contributed by atoms with E-state index in [4.69, 9.17) is 5.73 Å². The maximum absolute atomic E-state index is 5.96. The molecule has 0 heterocycles. The molecule has 2 N–H and O–H groups in total. The Hall–Kier alpha value is -0.980. The first-order chi connectivity index (χ1) is 6.66. The fourth-order valence-electron chi connectivity index (χ4n) is 1.91. The molecule has 1 aromatic rings. The fraction of sp³-hybridized carbons (Fsp3) is 0.538. The fourth-order valence-corrected chi connectivity index (χ4v) is 1.91. The van der Waals surface area contributed by atoms with Gasteiger partial charge in [-0.1, -0.05) is 26.0 Å². The van der Waals surface area contributed by atoms with Crippen LogP contribution in [0.1, 0.15) is 43.7 Å². The molecule has 0 amide bonds. The Labute approximate surface area is 86.3 Å². The van der Waals surface area contributed by atoms with Gasteiger partial charge in [-0.25, -0.2) is 0 Å². The van der Waals surface area contributed by atoms with E-state index in [2.05, 4.69) is 32.0 Å². The van der Waals surface area contributed by atoms with Crippen LogP contribution in [0.5, 0.6) is 0 Å². The second-order valence-electron chi connectivity index (χ2n) is 4.83. The quantitative estimate of drug-likeness (QED) is 0.725. The van der Waals surface area contributed by atoms with E-state index in [0.29, 0.717) is 5.92 Å². The molecule has 1 aromatic carbocycles. The van der Waals surface area contributed by atoms with E-state index >= 15 is 0 Å². The Morgan fingerprint density at radius 2 is 2.07 bits per heavy atom. The van der Waals surface area contributed by atoms with Gasteiger partial charge in [0, 0.05) is 5.69 Å². The molecule has 1 saturated carbocycles. The topological polar surface area (TPSA) is 26.0 Å². The standard InChI is InChI=1S/C13H19N/c1-9(2)7-12-8-11(10-3-4-10)5-6-13(12)14/h5-6,8-10H,3-4,7,14H2,1-2H3. The Kier molecular flexibility index (Phi) is 2.49. The van der Waals surface area contributed by atoms with Crippen LogP contribution in [0.4, 0.5) is 5.69 Å². The minimum atomic E-state index is 0.687. The van der Waals surface area contributed by atoms with E-state index in [1.54, 1.807) is 0 Å². The van der Waals surface area contributed by atoms with E-state index in [-0.39, 0.29) is 0 Å². The third-order valence-electron chi connectivity index (χ3n) is 2.84. The van der Waals surface area contributed by atoms with Crippen LogP contribution in [0.2, 0.25) is 0 Å². The van der Waals surface area contributed by atoms with E-state index in [0.717, 1.165) is 18.0 Å². The summed E-state index contributed by atoms with van der Waals surface area (Å²) in [7, 11) is 0. The predicted molar refractivity (Wildman–Crippen MR) is 61.4 cm³/mol. The van der Waals surface area contributed by atoms with Gasteiger partial charge in [-0.15, -0.1) is 0 Å². The molecule has 0 radical (unpaired) electrons. The van der Waals surface area contributed by atoms with Crippen LogP contribution in [-0.2, 0) is 6.42 Å². The Balaban J connectivity index is 2.22. The minimum Gasteiger partial charge on any atom is -0.399 e. The number of hydrogen-bond acceptors (Lipinski definition) is 1. The Bertz CT molecular complexity index is 324. The summed E-state index contributed by atoms with van der Waals surface area (Å²) in [6.45, 7) is 4.48. The number of nitrogens with two attached hydrogens (primary N) is 1. The van der Waals surface area contributed by atoms with Crippen molar-refractivity contribution >= 4 is 5.69 Å². The predicted octanol–water partition coefficient (Wildman–Crippen LogP) is 3.34. The van der Waals surface area contributed by atoms with Crippen molar-refractivity contribution in [1.29, 1.82) is 0 Å². The zero-order valence-corrected chi connectivity index (χ0v) is 9.09. The molecule has 76 valence electrons. The van der Waals surface area contributed by atoms with Gasteiger partial charge in [0.05, 0.1) is 0 Å². The highest BCUT2D eigenvalue weighted by atomic mass is 14.6. The number of anilines is 1. The summed E-state index contributed by atoms with van der Waals surface area (Å²) in [4.78, 5) is 0. The maximum atomic E-state index is 5.96. The number of benzene rings is 1. The highest BCUT2D eigenvalue weighted by Crippen LogP contribution is 2.40. The van der Waals surface area contributed by atoms with Crippen molar-refractivity contribution in [3.8, 4) is 0 Å². The highest BCUT2D eigenvalue weighted by Gasteiger charge is 2.23. The average molecular weight is 189 g/mol. The Morgan fingerprint density at radius 3 is 2.64 bits per heavy atom. The van der Waals surface area contributed by atoms with Gasteiger partial charge >= 0.3 is 0 Å². The summed E-state index contributed by atoms with van der Waals surface area (Å²) in [5, 5.41) is 0. The lowest BCUT2D eigenvalue weighted by molar-refractivity contribution is 0.648. The zero-order chi connectivity index (χ0) is 10.1. The molecule has 0 bridgehead atoms. The average Bonchev–Trinajstić information content (AvgIpc) is 2.91. The van der Waals surface area contributed by atoms with Gasteiger partial charge in [0.1, 0.15) is 0 Å². The summed E-state index contributed by atoms with van der Waals surface area (Å²) < 4.78 is 0.